The highest BCUT2D eigenvalue weighted by molar-refractivity contribution is 5.94. The van der Waals surface area contributed by atoms with Crippen LogP contribution in [0.2, 0.25) is 0 Å². The Morgan fingerprint density at radius 2 is 2.20 bits per heavy atom. The first-order valence-corrected chi connectivity index (χ1v) is 7.18. The molecule has 0 aliphatic carbocycles. The highest BCUT2D eigenvalue weighted by Crippen LogP contribution is 2.21. The van der Waals surface area contributed by atoms with Gasteiger partial charge >= 0.3 is 0 Å². The Hall–Kier alpha value is -1.86. The lowest BCUT2D eigenvalue weighted by Gasteiger charge is -2.32. The Bertz CT molecular complexity index is 499. The summed E-state index contributed by atoms with van der Waals surface area (Å²) < 4.78 is 0. The molecule has 1 aromatic rings. The van der Waals surface area contributed by atoms with Gasteiger partial charge in [0.15, 0.2) is 0 Å². The van der Waals surface area contributed by atoms with E-state index in [0.717, 1.165) is 38.4 Å². The normalized spacial score (nSPS) is 15.9. The Labute approximate surface area is 120 Å². The molecule has 0 saturated carbocycles. The topological polar surface area (TPSA) is 56.1 Å². The summed E-state index contributed by atoms with van der Waals surface area (Å²) in [5.41, 5.74) is 1.16. The fourth-order valence-electron chi connectivity index (χ4n) is 2.68. The molecule has 0 unspecified atom stereocenters. The van der Waals surface area contributed by atoms with Gasteiger partial charge in [-0.3, -0.25) is 4.79 Å². The molecule has 20 heavy (non-hydrogen) atoms. The van der Waals surface area contributed by atoms with Crippen molar-refractivity contribution in [3.8, 4) is 6.07 Å². The quantitative estimate of drug-likeness (QED) is 0.911. The van der Waals surface area contributed by atoms with Crippen LogP contribution in [0, 0.1) is 17.2 Å². The summed E-state index contributed by atoms with van der Waals surface area (Å²) in [5, 5.41) is 12.1. The molecule has 2 rings (SSSR count). The first kappa shape index (κ1) is 14.5. The number of rotatable bonds is 4. The molecule has 1 saturated heterocycles. The number of carbonyl (C=O) groups excluding carboxylic acids is 1. The van der Waals surface area contributed by atoms with E-state index in [1.54, 1.807) is 24.3 Å². The van der Waals surface area contributed by atoms with Crippen LogP contribution in [0.3, 0.4) is 0 Å². The van der Waals surface area contributed by atoms with Crippen molar-refractivity contribution >= 4 is 5.91 Å². The van der Waals surface area contributed by atoms with Crippen LogP contribution in [0.4, 0.5) is 0 Å². The first-order valence-electron chi connectivity index (χ1n) is 7.18. The van der Waals surface area contributed by atoms with Gasteiger partial charge in [0.2, 0.25) is 0 Å². The zero-order valence-corrected chi connectivity index (χ0v) is 11.9. The molecule has 1 aliphatic heterocycles. The number of nitriles is 1. The van der Waals surface area contributed by atoms with E-state index in [1.165, 1.54) is 6.42 Å². The van der Waals surface area contributed by atoms with Crippen LogP contribution in [0.5, 0.6) is 0 Å². The van der Waals surface area contributed by atoms with Crippen molar-refractivity contribution < 1.29 is 4.79 Å². The van der Waals surface area contributed by atoms with E-state index in [-0.39, 0.29) is 5.91 Å². The first-order chi connectivity index (χ1) is 9.74. The summed E-state index contributed by atoms with van der Waals surface area (Å²) in [5.74, 6) is 0.770. The van der Waals surface area contributed by atoms with Gasteiger partial charge in [0.05, 0.1) is 11.6 Å². The van der Waals surface area contributed by atoms with Crippen molar-refractivity contribution in [2.24, 2.45) is 5.92 Å². The van der Waals surface area contributed by atoms with Crippen molar-refractivity contribution in [3.63, 3.8) is 0 Å². The summed E-state index contributed by atoms with van der Waals surface area (Å²) in [6.07, 6.45) is 3.33. The average Bonchev–Trinajstić information content (AvgIpc) is 2.52. The second-order valence-electron chi connectivity index (χ2n) is 5.32. The predicted octanol–water partition coefficient (Wildman–Crippen LogP) is 2.02. The lowest BCUT2D eigenvalue weighted by Crippen LogP contribution is -2.39. The minimum Gasteiger partial charge on any atom is -0.339 e. The van der Waals surface area contributed by atoms with Crippen LogP contribution in [0.25, 0.3) is 0 Å². The van der Waals surface area contributed by atoms with Gasteiger partial charge in [-0.1, -0.05) is 6.07 Å². The largest absolute Gasteiger partial charge is 0.339 e. The minimum absolute atomic E-state index is 0.0502. The monoisotopic (exact) mass is 271 g/mol. The van der Waals surface area contributed by atoms with Crippen LogP contribution in [0.15, 0.2) is 24.3 Å². The lowest BCUT2D eigenvalue weighted by atomic mass is 9.93. The molecule has 1 aliphatic rings. The number of nitrogens with one attached hydrogen (secondary N) is 1. The molecule has 106 valence electrons. The van der Waals surface area contributed by atoms with E-state index >= 15 is 0 Å². The molecular weight excluding hydrogens is 250 g/mol. The minimum atomic E-state index is 0.0502. The van der Waals surface area contributed by atoms with Crippen molar-refractivity contribution in [3.05, 3.63) is 35.4 Å². The van der Waals surface area contributed by atoms with Gasteiger partial charge in [0, 0.05) is 18.7 Å². The van der Waals surface area contributed by atoms with E-state index in [2.05, 4.69) is 11.4 Å². The van der Waals surface area contributed by atoms with E-state index in [9.17, 15) is 4.79 Å². The van der Waals surface area contributed by atoms with Gasteiger partial charge in [0.1, 0.15) is 0 Å². The van der Waals surface area contributed by atoms with Gasteiger partial charge in [-0.05, 0) is 57.0 Å². The van der Waals surface area contributed by atoms with Crippen molar-refractivity contribution in [1.29, 1.82) is 5.26 Å². The third kappa shape index (κ3) is 3.58. The van der Waals surface area contributed by atoms with Gasteiger partial charge in [0.25, 0.3) is 5.91 Å². The molecule has 1 amide bonds. The van der Waals surface area contributed by atoms with Crippen molar-refractivity contribution in [2.45, 2.75) is 19.3 Å². The van der Waals surface area contributed by atoms with E-state index in [0.29, 0.717) is 11.1 Å². The van der Waals surface area contributed by atoms with Crippen LogP contribution in [-0.2, 0) is 0 Å². The number of carbonyl (C=O) groups is 1. The summed E-state index contributed by atoms with van der Waals surface area (Å²) in [6.45, 7) is 2.69. The van der Waals surface area contributed by atoms with E-state index in [4.69, 9.17) is 5.26 Å². The Morgan fingerprint density at radius 3 is 2.85 bits per heavy atom. The molecule has 4 nitrogen and oxygen atoms in total. The van der Waals surface area contributed by atoms with Gasteiger partial charge < -0.3 is 10.2 Å². The molecule has 0 bridgehead atoms. The highest BCUT2D eigenvalue weighted by atomic mass is 16.2. The summed E-state index contributed by atoms with van der Waals surface area (Å²) >= 11 is 0. The number of amides is 1. The predicted molar refractivity (Wildman–Crippen MR) is 78.3 cm³/mol. The highest BCUT2D eigenvalue weighted by Gasteiger charge is 2.23. The van der Waals surface area contributed by atoms with Crippen molar-refractivity contribution in [2.75, 3.05) is 26.7 Å². The van der Waals surface area contributed by atoms with Crippen LogP contribution in [0.1, 0.15) is 35.2 Å². The summed E-state index contributed by atoms with van der Waals surface area (Å²) in [4.78, 5) is 14.3. The molecule has 1 heterocycles. The second-order valence-corrected chi connectivity index (χ2v) is 5.32. The average molecular weight is 271 g/mol. The summed E-state index contributed by atoms with van der Waals surface area (Å²) in [6, 6.07) is 9.03. The third-order valence-electron chi connectivity index (χ3n) is 3.94. The van der Waals surface area contributed by atoms with Crippen LogP contribution >= 0.6 is 0 Å². The molecule has 0 spiro atoms. The van der Waals surface area contributed by atoms with E-state index in [1.807, 2.05) is 11.9 Å². The Balaban J connectivity index is 1.93. The molecule has 4 heteroatoms. The number of hydrogen-bond donors (Lipinski definition) is 1. The maximum atomic E-state index is 12.4. The van der Waals surface area contributed by atoms with Gasteiger partial charge in [-0.15, -0.1) is 0 Å². The number of nitrogens with zero attached hydrogens (tertiary/aromatic N) is 2. The number of hydrogen-bond acceptors (Lipinski definition) is 3. The Kier molecular flexibility index (Phi) is 5.14. The maximum Gasteiger partial charge on any atom is 0.253 e. The molecule has 1 aromatic carbocycles. The fourth-order valence-corrected chi connectivity index (χ4v) is 2.68. The molecule has 0 atom stereocenters. The lowest BCUT2D eigenvalue weighted by molar-refractivity contribution is 0.0687. The fraction of sp³-hybridized carbons (Fsp3) is 0.500. The molecule has 0 aromatic heterocycles. The Morgan fingerprint density at radius 1 is 1.45 bits per heavy atom. The second kappa shape index (κ2) is 7.06. The van der Waals surface area contributed by atoms with E-state index < -0.39 is 0 Å². The smallest absolute Gasteiger partial charge is 0.253 e. The molecule has 1 fully saturated rings. The molecule has 1 N–H and O–H groups in total. The third-order valence-corrected chi connectivity index (χ3v) is 3.94. The van der Waals surface area contributed by atoms with Gasteiger partial charge in [-0.2, -0.15) is 5.26 Å². The molecule has 0 radical (unpaired) electrons. The number of benzene rings is 1. The van der Waals surface area contributed by atoms with Crippen LogP contribution in [-0.4, -0.2) is 37.5 Å². The number of likely N-dealkylation sites (tertiary alicyclic amines) is 1. The standard InChI is InChI=1S/C16H21N3O/c1-18-8-5-13-6-9-19(10-7-13)16(20)15-4-2-3-14(11-15)12-17/h2-4,11,13,18H,5-10H2,1H3. The van der Waals surface area contributed by atoms with Crippen molar-refractivity contribution in [1.82, 2.24) is 10.2 Å². The molecular formula is C16H21N3O. The number of piperidine rings is 1. The van der Waals surface area contributed by atoms with Gasteiger partial charge in [-0.25, -0.2) is 0 Å². The van der Waals surface area contributed by atoms with Crippen LogP contribution < -0.4 is 5.32 Å². The summed E-state index contributed by atoms with van der Waals surface area (Å²) in [7, 11) is 1.97. The zero-order chi connectivity index (χ0) is 14.4. The SMILES string of the molecule is CNCCC1CCN(C(=O)c2cccc(C#N)c2)CC1. The zero-order valence-electron chi connectivity index (χ0n) is 11.9. The maximum absolute atomic E-state index is 12.4.